The van der Waals surface area contributed by atoms with Crippen LogP contribution >= 0.6 is 11.8 Å². The molecule has 1 heterocycles. The van der Waals surface area contributed by atoms with E-state index in [0.29, 0.717) is 12.3 Å². The molecule has 1 aromatic carbocycles. The van der Waals surface area contributed by atoms with Crippen LogP contribution in [0.4, 0.5) is 0 Å². The number of rotatable bonds is 8. The number of nitrogens with one attached hydrogen (secondary N) is 1. The van der Waals surface area contributed by atoms with Gasteiger partial charge < -0.3 is 14.6 Å². The Kier molecular flexibility index (Phi) is 6.33. The lowest BCUT2D eigenvalue weighted by atomic mass is 10.1. The van der Waals surface area contributed by atoms with Gasteiger partial charge in [0.2, 0.25) is 5.91 Å². The third-order valence-corrected chi connectivity index (χ3v) is 4.26. The molecule has 0 radical (unpaired) electrons. The van der Waals surface area contributed by atoms with Gasteiger partial charge >= 0.3 is 0 Å². The maximum Gasteiger partial charge on any atom is 0.230 e. The van der Waals surface area contributed by atoms with Crippen molar-refractivity contribution in [1.29, 1.82) is 0 Å². The molecular formula is C16H21N3O2S. The Hall–Kier alpha value is -1.95. The zero-order chi connectivity index (χ0) is 15.8. The van der Waals surface area contributed by atoms with Crippen molar-refractivity contribution in [3.63, 3.8) is 0 Å². The predicted octanol–water partition coefficient (Wildman–Crippen LogP) is 2.36. The van der Waals surface area contributed by atoms with E-state index in [-0.39, 0.29) is 5.91 Å². The smallest absolute Gasteiger partial charge is 0.230 e. The molecule has 1 N–H and O–H groups in total. The molecule has 0 unspecified atom stereocenters. The van der Waals surface area contributed by atoms with E-state index in [9.17, 15) is 4.79 Å². The Morgan fingerprint density at radius 3 is 3.00 bits per heavy atom. The number of ether oxygens (including phenoxy) is 1. The highest BCUT2D eigenvalue weighted by Crippen LogP contribution is 2.17. The van der Waals surface area contributed by atoms with Crippen molar-refractivity contribution in [3.05, 3.63) is 42.2 Å². The van der Waals surface area contributed by atoms with E-state index in [1.165, 1.54) is 11.8 Å². The summed E-state index contributed by atoms with van der Waals surface area (Å²) in [6, 6.07) is 7.85. The van der Waals surface area contributed by atoms with Crippen molar-refractivity contribution < 1.29 is 9.53 Å². The van der Waals surface area contributed by atoms with Gasteiger partial charge in [-0.05, 0) is 25.0 Å². The fourth-order valence-corrected chi connectivity index (χ4v) is 2.96. The number of methoxy groups -OCH3 is 1. The van der Waals surface area contributed by atoms with Gasteiger partial charge in [0.05, 0.1) is 12.9 Å². The molecule has 118 valence electrons. The van der Waals surface area contributed by atoms with Crippen LogP contribution in [0.1, 0.15) is 12.5 Å². The minimum Gasteiger partial charge on any atom is -0.496 e. The molecule has 0 saturated heterocycles. The van der Waals surface area contributed by atoms with Crippen molar-refractivity contribution in [2.75, 3.05) is 19.4 Å². The van der Waals surface area contributed by atoms with Gasteiger partial charge in [-0.25, -0.2) is 4.98 Å². The molecule has 6 heteroatoms. The molecule has 0 spiro atoms. The van der Waals surface area contributed by atoms with Crippen LogP contribution in [0, 0.1) is 0 Å². The lowest BCUT2D eigenvalue weighted by Gasteiger charge is -2.09. The highest BCUT2D eigenvalue weighted by molar-refractivity contribution is 7.99. The van der Waals surface area contributed by atoms with Gasteiger partial charge in [-0.2, -0.15) is 0 Å². The van der Waals surface area contributed by atoms with Gasteiger partial charge in [0.15, 0.2) is 5.16 Å². The lowest BCUT2D eigenvalue weighted by molar-refractivity contribution is -0.118. The van der Waals surface area contributed by atoms with E-state index in [4.69, 9.17) is 4.74 Å². The van der Waals surface area contributed by atoms with Gasteiger partial charge in [0.1, 0.15) is 5.75 Å². The van der Waals surface area contributed by atoms with E-state index in [1.807, 2.05) is 35.0 Å². The van der Waals surface area contributed by atoms with Crippen molar-refractivity contribution in [2.45, 2.75) is 25.0 Å². The average Bonchev–Trinajstić information content (AvgIpc) is 3.01. The van der Waals surface area contributed by atoms with Gasteiger partial charge in [-0.1, -0.05) is 30.0 Å². The number of amides is 1. The number of hydrogen-bond donors (Lipinski definition) is 1. The van der Waals surface area contributed by atoms with Crippen LogP contribution in [0.3, 0.4) is 0 Å². The molecule has 0 bridgehead atoms. The first-order valence-corrected chi connectivity index (χ1v) is 8.25. The maximum atomic E-state index is 11.9. The molecule has 0 atom stereocenters. The third-order valence-electron chi connectivity index (χ3n) is 3.26. The van der Waals surface area contributed by atoms with Crippen molar-refractivity contribution >= 4 is 17.7 Å². The summed E-state index contributed by atoms with van der Waals surface area (Å²) in [4.78, 5) is 16.1. The second-order valence-corrected chi connectivity index (χ2v) is 5.64. The molecule has 22 heavy (non-hydrogen) atoms. The SMILES string of the molecule is CCn1ccnc1SCC(=O)NCCc1ccccc1OC. The highest BCUT2D eigenvalue weighted by Gasteiger charge is 2.07. The summed E-state index contributed by atoms with van der Waals surface area (Å²) in [6.07, 6.45) is 4.43. The minimum absolute atomic E-state index is 0.0190. The highest BCUT2D eigenvalue weighted by atomic mass is 32.2. The molecule has 0 aliphatic heterocycles. The van der Waals surface area contributed by atoms with Crippen molar-refractivity contribution in [3.8, 4) is 5.75 Å². The topological polar surface area (TPSA) is 56.2 Å². The molecule has 0 aliphatic rings. The first-order valence-electron chi connectivity index (χ1n) is 7.27. The largest absolute Gasteiger partial charge is 0.496 e. The molecule has 0 fully saturated rings. The zero-order valence-corrected chi connectivity index (χ0v) is 13.7. The molecule has 2 aromatic rings. The molecule has 1 amide bonds. The number of aryl methyl sites for hydroxylation is 1. The summed E-state index contributed by atoms with van der Waals surface area (Å²) >= 11 is 1.46. The van der Waals surface area contributed by atoms with E-state index in [2.05, 4.69) is 17.2 Å². The van der Waals surface area contributed by atoms with Crippen LogP contribution in [0.25, 0.3) is 0 Å². The van der Waals surface area contributed by atoms with Crippen LogP contribution < -0.4 is 10.1 Å². The van der Waals surface area contributed by atoms with Crippen LogP contribution in [-0.4, -0.2) is 34.9 Å². The van der Waals surface area contributed by atoms with Gasteiger partial charge in [0, 0.05) is 25.5 Å². The standard InChI is InChI=1S/C16H21N3O2S/c1-3-19-11-10-18-16(19)22-12-15(20)17-9-8-13-6-4-5-7-14(13)21-2/h4-7,10-11H,3,8-9,12H2,1-2H3,(H,17,20). The Morgan fingerprint density at radius 2 is 2.23 bits per heavy atom. The van der Waals surface area contributed by atoms with Crippen LogP contribution in [0.15, 0.2) is 41.8 Å². The minimum atomic E-state index is 0.0190. The van der Waals surface area contributed by atoms with Crippen molar-refractivity contribution in [1.82, 2.24) is 14.9 Å². The Bertz CT molecular complexity index is 613. The predicted molar refractivity (Wildman–Crippen MR) is 88.3 cm³/mol. The molecule has 5 nitrogen and oxygen atoms in total. The first-order chi connectivity index (χ1) is 10.7. The normalized spacial score (nSPS) is 10.5. The summed E-state index contributed by atoms with van der Waals surface area (Å²) < 4.78 is 7.32. The monoisotopic (exact) mass is 319 g/mol. The molecule has 2 rings (SSSR count). The van der Waals surface area contributed by atoms with Gasteiger partial charge in [0.25, 0.3) is 0 Å². The quantitative estimate of drug-likeness (QED) is 0.759. The first kappa shape index (κ1) is 16.4. The van der Waals surface area contributed by atoms with E-state index >= 15 is 0 Å². The van der Waals surface area contributed by atoms with E-state index in [0.717, 1.165) is 29.4 Å². The number of hydrogen-bond acceptors (Lipinski definition) is 4. The fraction of sp³-hybridized carbons (Fsp3) is 0.375. The van der Waals surface area contributed by atoms with Gasteiger partial charge in [-0.3, -0.25) is 4.79 Å². The number of aromatic nitrogens is 2. The Morgan fingerprint density at radius 1 is 1.41 bits per heavy atom. The fourth-order valence-electron chi connectivity index (χ4n) is 2.10. The number of carbonyl (C=O) groups is 1. The molecule has 0 aliphatic carbocycles. The number of nitrogens with zero attached hydrogens (tertiary/aromatic N) is 2. The second kappa shape index (κ2) is 8.48. The zero-order valence-electron chi connectivity index (χ0n) is 12.9. The number of benzene rings is 1. The summed E-state index contributed by atoms with van der Waals surface area (Å²) in [5.41, 5.74) is 1.10. The van der Waals surface area contributed by atoms with Crippen molar-refractivity contribution in [2.24, 2.45) is 0 Å². The lowest BCUT2D eigenvalue weighted by Crippen LogP contribution is -2.27. The molecule has 0 saturated carbocycles. The maximum absolute atomic E-state index is 11.9. The summed E-state index contributed by atoms with van der Waals surface area (Å²) in [6.45, 7) is 3.51. The summed E-state index contributed by atoms with van der Waals surface area (Å²) in [5.74, 6) is 1.25. The third kappa shape index (κ3) is 4.53. The van der Waals surface area contributed by atoms with E-state index < -0.39 is 0 Å². The average molecular weight is 319 g/mol. The number of imidazole rings is 1. The van der Waals surface area contributed by atoms with E-state index in [1.54, 1.807) is 13.3 Å². The van der Waals surface area contributed by atoms with Crippen LogP contribution in [0.2, 0.25) is 0 Å². The number of carbonyl (C=O) groups excluding carboxylic acids is 1. The number of para-hydroxylation sites is 1. The molecule has 1 aromatic heterocycles. The summed E-state index contributed by atoms with van der Waals surface area (Å²) in [5, 5.41) is 3.81. The summed E-state index contributed by atoms with van der Waals surface area (Å²) in [7, 11) is 1.66. The van der Waals surface area contributed by atoms with Crippen LogP contribution in [0.5, 0.6) is 5.75 Å². The second-order valence-electron chi connectivity index (χ2n) is 4.70. The molecular weight excluding hydrogens is 298 g/mol. The van der Waals surface area contributed by atoms with Crippen LogP contribution in [-0.2, 0) is 17.8 Å². The Balaban J connectivity index is 1.74. The van der Waals surface area contributed by atoms with Gasteiger partial charge in [-0.15, -0.1) is 0 Å². The Labute approximate surface area is 135 Å². The number of thioether (sulfide) groups is 1.